The lowest BCUT2D eigenvalue weighted by Gasteiger charge is -2.41. The lowest BCUT2D eigenvalue weighted by molar-refractivity contribution is -0.136. The molecule has 1 aliphatic carbocycles. The maximum atomic E-state index is 13.2. The van der Waals surface area contributed by atoms with E-state index >= 15 is 0 Å². The molecule has 1 aromatic rings. The van der Waals surface area contributed by atoms with Crippen LogP contribution in [-0.2, 0) is 11.2 Å². The van der Waals surface area contributed by atoms with Crippen LogP contribution >= 0.6 is 0 Å². The molecule has 0 aromatic heterocycles. The van der Waals surface area contributed by atoms with Crippen LogP contribution in [0.5, 0.6) is 0 Å². The van der Waals surface area contributed by atoms with Crippen molar-refractivity contribution in [3.8, 4) is 0 Å². The van der Waals surface area contributed by atoms with E-state index in [1.807, 2.05) is 0 Å². The standard InChI is InChI=1S/C16H18FNO3/c17-9-16-5-4-13(16)8-18(10-16)15(21)12-3-1-2-11(6-12)7-14(19)20/h1-3,6,13H,4-5,7-10H2,(H,19,20)/t13-,16-/m0/s1. The summed E-state index contributed by atoms with van der Waals surface area (Å²) in [6.07, 6.45) is 1.75. The Morgan fingerprint density at radius 2 is 2.24 bits per heavy atom. The molecule has 0 unspecified atom stereocenters. The maximum Gasteiger partial charge on any atom is 0.307 e. The van der Waals surface area contributed by atoms with Gasteiger partial charge in [0, 0.05) is 24.1 Å². The van der Waals surface area contributed by atoms with Crippen molar-refractivity contribution in [2.24, 2.45) is 11.3 Å². The van der Waals surface area contributed by atoms with Gasteiger partial charge in [-0.15, -0.1) is 0 Å². The van der Waals surface area contributed by atoms with Gasteiger partial charge in [0.1, 0.15) is 0 Å². The molecule has 21 heavy (non-hydrogen) atoms. The van der Waals surface area contributed by atoms with Crippen LogP contribution in [0.15, 0.2) is 24.3 Å². The van der Waals surface area contributed by atoms with Gasteiger partial charge in [0.05, 0.1) is 13.1 Å². The van der Waals surface area contributed by atoms with Gasteiger partial charge in [-0.3, -0.25) is 14.0 Å². The van der Waals surface area contributed by atoms with Gasteiger partial charge in [-0.05, 0) is 36.5 Å². The number of amides is 1. The van der Waals surface area contributed by atoms with Gasteiger partial charge >= 0.3 is 5.97 Å². The molecule has 5 heteroatoms. The Morgan fingerprint density at radius 3 is 2.81 bits per heavy atom. The minimum absolute atomic E-state index is 0.0990. The zero-order valence-corrected chi connectivity index (χ0v) is 11.7. The largest absolute Gasteiger partial charge is 0.481 e. The summed E-state index contributed by atoms with van der Waals surface area (Å²) >= 11 is 0. The number of fused-ring (bicyclic) bond motifs is 1. The number of carbonyl (C=O) groups is 2. The monoisotopic (exact) mass is 291 g/mol. The number of hydrogen-bond donors (Lipinski definition) is 1. The molecular formula is C16H18FNO3. The molecule has 2 fully saturated rings. The Morgan fingerprint density at radius 1 is 1.43 bits per heavy atom. The van der Waals surface area contributed by atoms with Crippen molar-refractivity contribution in [1.82, 2.24) is 4.90 Å². The van der Waals surface area contributed by atoms with Crippen LogP contribution in [-0.4, -0.2) is 41.6 Å². The average Bonchev–Trinajstić information content (AvgIpc) is 2.70. The molecule has 1 aromatic carbocycles. The van der Waals surface area contributed by atoms with E-state index in [1.54, 1.807) is 29.2 Å². The van der Waals surface area contributed by atoms with Crippen LogP contribution in [0.1, 0.15) is 28.8 Å². The minimum Gasteiger partial charge on any atom is -0.481 e. The molecule has 1 amide bonds. The minimum atomic E-state index is -0.921. The van der Waals surface area contributed by atoms with Crippen LogP contribution in [0.25, 0.3) is 0 Å². The molecule has 4 nitrogen and oxygen atoms in total. The molecule has 0 radical (unpaired) electrons. The molecule has 1 saturated heterocycles. The predicted octanol–water partition coefficient (Wildman–Crippen LogP) is 2.14. The summed E-state index contributed by atoms with van der Waals surface area (Å²) in [5.41, 5.74) is 0.786. The fourth-order valence-electron chi connectivity index (χ4n) is 3.50. The number of benzene rings is 1. The first-order valence-electron chi connectivity index (χ1n) is 7.20. The highest BCUT2D eigenvalue weighted by Gasteiger charge is 2.54. The van der Waals surface area contributed by atoms with Crippen LogP contribution < -0.4 is 0 Å². The van der Waals surface area contributed by atoms with E-state index in [9.17, 15) is 14.0 Å². The van der Waals surface area contributed by atoms with Crippen molar-refractivity contribution in [3.05, 3.63) is 35.4 Å². The van der Waals surface area contributed by atoms with Crippen LogP contribution in [0.4, 0.5) is 4.39 Å². The second-order valence-corrected chi connectivity index (χ2v) is 6.19. The van der Waals surface area contributed by atoms with E-state index < -0.39 is 5.97 Å². The zero-order chi connectivity index (χ0) is 15.0. The first kappa shape index (κ1) is 14.0. The van der Waals surface area contributed by atoms with E-state index in [4.69, 9.17) is 5.11 Å². The number of aliphatic carboxylic acids is 1. The molecule has 2 aliphatic rings. The summed E-state index contributed by atoms with van der Waals surface area (Å²) in [5, 5.41) is 8.81. The fraction of sp³-hybridized carbons (Fsp3) is 0.500. The van der Waals surface area contributed by atoms with Gasteiger partial charge < -0.3 is 10.0 Å². The highest BCUT2D eigenvalue weighted by Crippen LogP contribution is 2.52. The van der Waals surface area contributed by atoms with E-state index in [-0.39, 0.29) is 30.3 Å². The third kappa shape index (κ3) is 2.41. The van der Waals surface area contributed by atoms with Crippen molar-refractivity contribution in [2.45, 2.75) is 19.3 Å². The first-order valence-corrected chi connectivity index (χ1v) is 7.20. The number of nitrogens with zero attached hydrogens (tertiary/aromatic N) is 1. The number of halogens is 1. The van der Waals surface area contributed by atoms with Crippen molar-refractivity contribution in [2.75, 3.05) is 19.8 Å². The molecule has 1 heterocycles. The quantitative estimate of drug-likeness (QED) is 0.924. The molecule has 2 atom stereocenters. The normalized spacial score (nSPS) is 27.1. The Balaban J connectivity index is 1.75. The van der Waals surface area contributed by atoms with Gasteiger partial charge in [0.15, 0.2) is 0 Å². The molecule has 1 saturated carbocycles. The third-order valence-electron chi connectivity index (χ3n) is 4.89. The lowest BCUT2D eigenvalue weighted by Crippen LogP contribution is -2.41. The molecular weight excluding hydrogens is 273 g/mol. The first-order chi connectivity index (χ1) is 10.0. The molecule has 3 rings (SSSR count). The summed E-state index contributed by atoms with van der Waals surface area (Å²) in [7, 11) is 0. The summed E-state index contributed by atoms with van der Waals surface area (Å²) in [5.74, 6) is -0.756. The van der Waals surface area contributed by atoms with Crippen molar-refractivity contribution >= 4 is 11.9 Å². The Kier molecular flexibility index (Phi) is 3.43. The van der Waals surface area contributed by atoms with E-state index in [0.717, 1.165) is 12.8 Å². The number of carboxylic acids is 1. The SMILES string of the molecule is O=C(O)Cc1cccc(C(=O)N2C[C@@H]3CC[C@]3(CF)C2)c1. The number of carbonyl (C=O) groups excluding carboxylic acids is 1. The summed E-state index contributed by atoms with van der Waals surface area (Å²) in [4.78, 5) is 25.0. The fourth-order valence-corrected chi connectivity index (χ4v) is 3.50. The van der Waals surface area contributed by atoms with Crippen LogP contribution in [0, 0.1) is 11.3 Å². The Bertz CT molecular complexity index is 585. The smallest absolute Gasteiger partial charge is 0.307 e. The van der Waals surface area contributed by atoms with Gasteiger partial charge in [-0.2, -0.15) is 0 Å². The summed E-state index contributed by atoms with van der Waals surface area (Å²) in [6, 6.07) is 6.71. The van der Waals surface area contributed by atoms with Crippen molar-refractivity contribution in [3.63, 3.8) is 0 Å². The highest BCUT2D eigenvalue weighted by atomic mass is 19.1. The lowest BCUT2D eigenvalue weighted by atomic mass is 9.63. The maximum absolute atomic E-state index is 13.2. The molecule has 1 N–H and O–H groups in total. The van der Waals surface area contributed by atoms with E-state index in [1.165, 1.54) is 0 Å². The third-order valence-corrected chi connectivity index (χ3v) is 4.89. The van der Waals surface area contributed by atoms with Crippen molar-refractivity contribution in [1.29, 1.82) is 0 Å². The predicted molar refractivity (Wildman–Crippen MR) is 74.8 cm³/mol. The molecule has 1 aliphatic heterocycles. The van der Waals surface area contributed by atoms with Crippen molar-refractivity contribution < 1.29 is 19.1 Å². The highest BCUT2D eigenvalue weighted by molar-refractivity contribution is 5.95. The second-order valence-electron chi connectivity index (χ2n) is 6.19. The number of likely N-dealkylation sites (tertiary alicyclic amines) is 1. The number of hydrogen-bond acceptors (Lipinski definition) is 2. The Labute approximate surface area is 122 Å². The zero-order valence-electron chi connectivity index (χ0n) is 11.7. The number of alkyl halides is 1. The van der Waals surface area contributed by atoms with E-state index in [0.29, 0.717) is 24.2 Å². The number of rotatable bonds is 4. The topological polar surface area (TPSA) is 57.6 Å². The molecule has 0 spiro atoms. The van der Waals surface area contributed by atoms with Gasteiger partial charge in [-0.25, -0.2) is 0 Å². The van der Waals surface area contributed by atoms with Crippen LogP contribution in [0.3, 0.4) is 0 Å². The van der Waals surface area contributed by atoms with Crippen LogP contribution in [0.2, 0.25) is 0 Å². The Hall–Kier alpha value is -1.91. The average molecular weight is 291 g/mol. The summed E-state index contributed by atoms with van der Waals surface area (Å²) < 4.78 is 13.2. The van der Waals surface area contributed by atoms with Gasteiger partial charge in [0.25, 0.3) is 5.91 Å². The molecule has 0 bridgehead atoms. The van der Waals surface area contributed by atoms with E-state index in [2.05, 4.69) is 0 Å². The summed E-state index contributed by atoms with van der Waals surface area (Å²) in [6.45, 7) is 0.739. The van der Waals surface area contributed by atoms with Gasteiger partial charge in [-0.1, -0.05) is 12.1 Å². The molecule has 112 valence electrons. The van der Waals surface area contributed by atoms with Gasteiger partial charge in [0.2, 0.25) is 0 Å². The number of carboxylic acid groups (broad SMARTS) is 1. The second kappa shape index (κ2) is 5.13.